The molecule has 1 heterocycles. The lowest BCUT2D eigenvalue weighted by Gasteiger charge is -2.41. The van der Waals surface area contributed by atoms with Gasteiger partial charge in [0.15, 0.2) is 0 Å². The third-order valence-electron chi connectivity index (χ3n) is 5.24. The number of Topliss-reactive ketones (excluding diaryl/α,β-unsaturated/α-hetero) is 2. The predicted octanol–water partition coefficient (Wildman–Crippen LogP) is 3.23. The first-order chi connectivity index (χ1) is 11.1. The molecule has 1 saturated carbocycles. The number of ketones is 2. The van der Waals surface area contributed by atoms with E-state index in [1.54, 1.807) is 0 Å². The van der Waals surface area contributed by atoms with Crippen LogP contribution >= 0.6 is 9.47 Å². The topological polar surface area (TPSA) is 52.6 Å². The van der Waals surface area contributed by atoms with Crippen LogP contribution in [0.25, 0.3) is 0 Å². The molecule has 0 radical (unpaired) electrons. The van der Waals surface area contributed by atoms with E-state index in [1.807, 2.05) is 25.1 Å². The third kappa shape index (κ3) is 3.20. The molecule has 1 aliphatic heterocycles. The van der Waals surface area contributed by atoms with Gasteiger partial charge in [-0.1, -0.05) is 13.0 Å². The van der Waals surface area contributed by atoms with Crippen molar-refractivity contribution in [1.29, 1.82) is 0 Å². The second-order valence-electron chi connectivity index (χ2n) is 6.66. The van der Waals surface area contributed by atoms with Crippen molar-refractivity contribution in [3.63, 3.8) is 0 Å². The van der Waals surface area contributed by atoms with E-state index in [2.05, 4.69) is 9.47 Å². The Kier molecular flexibility index (Phi) is 4.84. The summed E-state index contributed by atoms with van der Waals surface area (Å²) in [5.41, 5.74) is 1.71. The van der Waals surface area contributed by atoms with Crippen molar-refractivity contribution >= 4 is 21.0 Å². The number of aryl methyl sites for hydroxylation is 1. The molecule has 124 valence electrons. The molecule has 1 aromatic rings. The smallest absolute Gasteiger partial charge is 0.148 e. The normalized spacial score (nSPS) is 21.7. The highest BCUT2D eigenvalue weighted by molar-refractivity contribution is 7.10. The highest BCUT2D eigenvalue weighted by Crippen LogP contribution is 2.46. The van der Waals surface area contributed by atoms with E-state index in [-0.39, 0.29) is 17.0 Å². The van der Waals surface area contributed by atoms with Crippen LogP contribution in [0.5, 0.6) is 5.75 Å². The molecular weight excluding hydrogens is 311 g/mol. The number of hydrogen-bond acceptors (Lipinski definition) is 4. The van der Waals surface area contributed by atoms with Crippen molar-refractivity contribution in [3.05, 3.63) is 29.3 Å². The summed E-state index contributed by atoms with van der Waals surface area (Å²) < 4.78 is 10.6. The Hall–Kier alpha value is -1.25. The summed E-state index contributed by atoms with van der Waals surface area (Å²) in [4.78, 5) is 25.7. The van der Waals surface area contributed by atoms with Gasteiger partial charge in [0.1, 0.15) is 23.2 Å². The maximum atomic E-state index is 12.8. The van der Waals surface area contributed by atoms with Gasteiger partial charge in [-0.15, -0.1) is 0 Å². The van der Waals surface area contributed by atoms with Crippen LogP contribution in [0.4, 0.5) is 0 Å². The van der Waals surface area contributed by atoms with Crippen LogP contribution in [0.2, 0.25) is 0 Å². The maximum Gasteiger partial charge on any atom is 0.148 e. The zero-order valence-corrected chi connectivity index (χ0v) is 14.6. The van der Waals surface area contributed by atoms with Crippen LogP contribution in [-0.4, -0.2) is 24.8 Å². The summed E-state index contributed by atoms with van der Waals surface area (Å²) in [5, 5.41) is 0. The SMILES string of the molecule is CCc1ccc(OP)cc1C1C(=O)CC2(CCOCC2)CC1=O. The fourth-order valence-electron chi connectivity index (χ4n) is 3.93. The minimum atomic E-state index is -0.626. The van der Waals surface area contributed by atoms with Crippen molar-refractivity contribution in [2.24, 2.45) is 5.41 Å². The summed E-state index contributed by atoms with van der Waals surface area (Å²) in [6.45, 7) is 3.35. The zero-order valence-electron chi connectivity index (χ0n) is 13.5. The first kappa shape index (κ1) is 16.6. The Labute approximate surface area is 139 Å². The van der Waals surface area contributed by atoms with Gasteiger partial charge in [0.2, 0.25) is 0 Å². The number of hydrogen-bond donors (Lipinski definition) is 0. The van der Waals surface area contributed by atoms with Crippen LogP contribution in [0, 0.1) is 5.41 Å². The molecule has 2 fully saturated rings. The van der Waals surface area contributed by atoms with Crippen LogP contribution < -0.4 is 4.52 Å². The Morgan fingerprint density at radius 3 is 2.43 bits per heavy atom. The van der Waals surface area contributed by atoms with Gasteiger partial charge in [-0.2, -0.15) is 0 Å². The van der Waals surface area contributed by atoms with Crippen molar-refractivity contribution in [2.75, 3.05) is 13.2 Å². The third-order valence-corrected chi connectivity index (χ3v) is 5.51. The number of rotatable bonds is 3. The largest absolute Gasteiger partial charge is 0.480 e. The van der Waals surface area contributed by atoms with Gasteiger partial charge in [0.25, 0.3) is 0 Å². The average molecular weight is 334 g/mol. The van der Waals surface area contributed by atoms with E-state index in [0.29, 0.717) is 31.8 Å². The molecule has 1 aromatic carbocycles. The Morgan fingerprint density at radius 2 is 1.87 bits per heavy atom. The first-order valence-electron chi connectivity index (χ1n) is 8.21. The van der Waals surface area contributed by atoms with E-state index < -0.39 is 5.92 Å². The van der Waals surface area contributed by atoms with Crippen molar-refractivity contribution in [1.82, 2.24) is 0 Å². The highest BCUT2D eigenvalue weighted by atomic mass is 31.0. The molecule has 3 rings (SSSR count). The lowest BCUT2D eigenvalue weighted by Crippen LogP contribution is -2.42. The highest BCUT2D eigenvalue weighted by Gasteiger charge is 2.46. The van der Waals surface area contributed by atoms with E-state index in [4.69, 9.17) is 9.26 Å². The van der Waals surface area contributed by atoms with Gasteiger partial charge < -0.3 is 9.26 Å². The maximum absolute atomic E-state index is 12.8. The molecule has 0 aromatic heterocycles. The molecule has 1 atom stereocenters. The van der Waals surface area contributed by atoms with Gasteiger partial charge in [0.05, 0.1) is 9.47 Å². The summed E-state index contributed by atoms with van der Waals surface area (Å²) in [6.07, 6.45) is 3.39. The van der Waals surface area contributed by atoms with E-state index in [0.717, 1.165) is 30.4 Å². The van der Waals surface area contributed by atoms with Gasteiger partial charge >= 0.3 is 0 Å². The van der Waals surface area contributed by atoms with Crippen LogP contribution in [0.3, 0.4) is 0 Å². The van der Waals surface area contributed by atoms with Crippen molar-refractivity contribution in [2.45, 2.75) is 44.9 Å². The van der Waals surface area contributed by atoms with E-state index in [1.165, 1.54) is 0 Å². The quantitative estimate of drug-likeness (QED) is 0.629. The average Bonchev–Trinajstić information content (AvgIpc) is 2.54. The first-order valence-corrected chi connectivity index (χ1v) is 8.68. The zero-order chi connectivity index (χ0) is 16.4. The molecule has 0 bridgehead atoms. The van der Waals surface area contributed by atoms with Crippen LogP contribution in [-0.2, 0) is 20.7 Å². The minimum Gasteiger partial charge on any atom is -0.480 e. The molecule has 5 heteroatoms. The molecule has 1 spiro atoms. The Morgan fingerprint density at radius 1 is 1.22 bits per heavy atom. The van der Waals surface area contributed by atoms with Crippen LogP contribution in [0.15, 0.2) is 18.2 Å². The predicted molar refractivity (Wildman–Crippen MR) is 90.6 cm³/mol. The molecule has 1 saturated heterocycles. The van der Waals surface area contributed by atoms with Gasteiger partial charge in [-0.3, -0.25) is 9.59 Å². The summed E-state index contributed by atoms with van der Waals surface area (Å²) in [7, 11) is 2.21. The second-order valence-corrected chi connectivity index (χ2v) is 6.90. The summed E-state index contributed by atoms with van der Waals surface area (Å²) in [5.74, 6) is 0.144. The number of carbonyl (C=O) groups excluding carboxylic acids is 2. The number of ether oxygens (including phenoxy) is 1. The Balaban J connectivity index is 1.92. The van der Waals surface area contributed by atoms with Crippen molar-refractivity contribution in [3.8, 4) is 5.75 Å². The molecule has 0 amide bonds. The lowest BCUT2D eigenvalue weighted by molar-refractivity contribution is -0.139. The molecule has 1 unspecified atom stereocenters. The van der Waals surface area contributed by atoms with Gasteiger partial charge in [-0.25, -0.2) is 0 Å². The molecular formula is C18H23O4P. The standard InChI is InChI=1S/C18H23O4P/c1-2-12-3-4-13(22-23)9-14(12)17-15(19)10-18(11-16(17)20)5-7-21-8-6-18/h3-4,9,17H,2,5-8,10-11,23H2,1H3. The number of benzene rings is 1. The number of carbonyl (C=O) groups is 2. The van der Waals surface area contributed by atoms with Gasteiger partial charge in [-0.05, 0) is 47.9 Å². The summed E-state index contributed by atoms with van der Waals surface area (Å²) >= 11 is 0. The van der Waals surface area contributed by atoms with Crippen molar-refractivity contribution < 1.29 is 18.8 Å². The molecule has 1 aliphatic carbocycles. The van der Waals surface area contributed by atoms with Crippen LogP contribution in [0.1, 0.15) is 49.7 Å². The minimum absolute atomic E-state index is 0.0544. The molecule has 0 N–H and O–H groups in total. The fourth-order valence-corrected chi connectivity index (χ4v) is 4.07. The molecule has 23 heavy (non-hydrogen) atoms. The molecule has 2 aliphatic rings. The lowest BCUT2D eigenvalue weighted by atomic mass is 9.63. The second kappa shape index (κ2) is 6.70. The van der Waals surface area contributed by atoms with E-state index in [9.17, 15) is 9.59 Å². The summed E-state index contributed by atoms with van der Waals surface area (Å²) in [6, 6.07) is 5.66. The van der Waals surface area contributed by atoms with E-state index >= 15 is 0 Å². The monoisotopic (exact) mass is 334 g/mol. The van der Waals surface area contributed by atoms with Gasteiger partial charge in [0, 0.05) is 26.1 Å². The Bertz CT molecular complexity index is 599. The molecule has 4 nitrogen and oxygen atoms in total. The fraction of sp³-hybridized carbons (Fsp3) is 0.556.